The Morgan fingerprint density at radius 3 is 2.46 bits per heavy atom. The van der Waals surface area contributed by atoms with E-state index in [2.05, 4.69) is 5.32 Å². The molecule has 0 heterocycles. The van der Waals surface area contributed by atoms with Gasteiger partial charge in [-0.2, -0.15) is 8.42 Å². The van der Waals surface area contributed by atoms with Crippen LogP contribution >= 0.6 is 0 Å². The Bertz CT molecular complexity index is 635. The molecule has 7 heteroatoms. The lowest BCUT2D eigenvalue weighted by Gasteiger charge is -2.25. The van der Waals surface area contributed by atoms with Gasteiger partial charge in [0.25, 0.3) is 10.1 Å². The summed E-state index contributed by atoms with van der Waals surface area (Å²) in [5.41, 5.74) is 1.37. The highest BCUT2D eigenvalue weighted by atomic mass is 32.2. The van der Waals surface area contributed by atoms with Crippen molar-refractivity contribution in [3.63, 3.8) is 0 Å². The van der Waals surface area contributed by atoms with Gasteiger partial charge >= 0.3 is 5.97 Å². The van der Waals surface area contributed by atoms with Crippen molar-refractivity contribution in [2.75, 3.05) is 12.3 Å². The third-order valence-corrected chi connectivity index (χ3v) is 4.99. The number of nitrogens with one attached hydrogen (secondary N) is 1. The lowest BCUT2D eigenvalue weighted by atomic mass is 9.95. The summed E-state index contributed by atoms with van der Waals surface area (Å²) in [6, 6.07) is 7.15. The summed E-state index contributed by atoms with van der Waals surface area (Å²) in [5, 5.41) is 3.26. The molecule has 0 aromatic heterocycles. The number of hydrogen-bond acceptors (Lipinski definition) is 5. The lowest BCUT2D eigenvalue weighted by molar-refractivity contribution is 0.0338. The van der Waals surface area contributed by atoms with Gasteiger partial charge in [0.1, 0.15) is 11.9 Å². The molecule has 1 atom stereocenters. The van der Waals surface area contributed by atoms with E-state index in [-0.39, 0.29) is 6.54 Å². The van der Waals surface area contributed by atoms with E-state index >= 15 is 0 Å². The van der Waals surface area contributed by atoms with Gasteiger partial charge in [-0.15, -0.1) is 0 Å². The fourth-order valence-electron chi connectivity index (χ4n) is 2.88. The molecule has 2 N–H and O–H groups in total. The Morgan fingerprint density at radius 2 is 1.88 bits per heavy atom. The molecule has 1 aromatic rings. The van der Waals surface area contributed by atoms with Crippen molar-refractivity contribution >= 4 is 16.1 Å². The highest BCUT2D eigenvalue weighted by molar-refractivity contribution is 7.85. The SMILES string of the molecule is Cc1ccc(C(=O)OC(CNC2CCCCC2)CS(=O)(=O)O)cc1. The van der Waals surface area contributed by atoms with Crippen LogP contribution in [0.3, 0.4) is 0 Å². The van der Waals surface area contributed by atoms with Crippen LogP contribution in [0.1, 0.15) is 48.0 Å². The fraction of sp³-hybridized carbons (Fsp3) is 0.588. The largest absolute Gasteiger partial charge is 0.456 e. The molecular formula is C17H25NO5S. The minimum absolute atomic E-state index is 0.210. The standard InChI is InChI=1S/C17H25NO5S/c1-13-7-9-14(10-8-13)17(19)23-16(12-24(20,21)22)11-18-15-5-3-2-4-6-15/h7-10,15-16,18H,2-6,11-12H2,1H3,(H,20,21,22). The van der Waals surface area contributed by atoms with Crippen LogP contribution in [0.25, 0.3) is 0 Å². The number of aryl methyl sites for hydroxylation is 1. The van der Waals surface area contributed by atoms with Gasteiger partial charge in [-0.3, -0.25) is 4.55 Å². The number of hydrogen-bond donors (Lipinski definition) is 2. The van der Waals surface area contributed by atoms with E-state index < -0.39 is 27.9 Å². The van der Waals surface area contributed by atoms with Gasteiger partial charge in [0, 0.05) is 12.6 Å². The molecule has 0 saturated heterocycles. The minimum Gasteiger partial charge on any atom is -0.456 e. The molecule has 0 bridgehead atoms. The van der Waals surface area contributed by atoms with Crippen molar-refractivity contribution in [3.05, 3.63) is 35.4 Å². The average Bonchev–Trinajstić information content (AvgIpc) is 2.53. The van der Waals surface area contributed by atoms with E-state index in [1.807, 2.05) is 6.92 Å². The third kappa shape index (κ3) is 6.59. The summed E-state index contributed by atoms with van der Waals surface area (Å²) in [7, 11) is -4.23. The van der Waals surface area contributed by atoms with E-state index in [0.717, 1.165) is 31.2 Å². The van der Waals surface area contributed by atoms with Crippen LogP contribution in [0.4, 0.5) is 0 Å². The number of benzene rings is 1. The maximum atomic E-state index is 12.2. The number of rotatable bonds is 7. The number of carbonyl (C=O) groups excluding carboxylic acids is 1. The van der Waals surface area contributed by atoms with Gasteiger partial charge in [0.05, 0.1) is 5.56 Å². The summed E-state index contributed by atoms with van der Waals surface area (Å²) in [4.78, 5) is 12.2. The van der Waals surface area contributed by atoms with Crippen molar-refractivity contribution in [1.29, 1.82) is 0 Å². The molecule has 24 heavy (non-hydrogen) atoms. The molecule has 1 saturated carbocycles. The van der Waals surface area contributed by atoms with Crippen molar-refractivity contribution < 1.29 is 22.5 Å². The first kappa shape index (κ1) is 18.9. The molecule has 0 radical (unpaired) electrons. The predicted octanol–water partition coefficient (Wildman–Crippen LogP) is 2.33. The molecule has 1 aliphatic rings. The average molecular weight is 355 g/mol. The quantitative estimate of drug-likeness (QED) is 0.576. The molecule has 0 amide bonds. The summed E-state index contributed by atoms with van der Waals surface area (Å²) in [6.45, 7) is 2.12. The number of ether oxygens (including phenoxy) is 1. The third-order valence-electron chi connectivity index (χ3n) is 4.20. The minimum atomic E-state index is -4.23. The van der Waals surface area contributed by atoms with Crippen molar-refractivity contribution in [2.24, 2.45) is 0 Å². The molecule has 2 rings (SSSR count). The van der Waals surface area contributed by atoms with Crippen LogP contribution in [0.5, 0.6) is 0 Å². The Balaban J connectivity index is 1.96. The van der Waals surface area contributed by atoms with Crippen LogP contribution in [0.2, 0.25) is 0 Å². The first-order valence-corrected chi connectivity index (χ1v) is 9.90. The molecule has 1 aliphatic carbocycles. The van der Waals surface area contributed by atoms with Gasteiger partial charge in [0.15, 0.2) is 0 Å². The zero-order valence-corrected chi connectivity index (χ0v) is 14.7. The van der Waals surface area contributed by atoms with E-state index in [1.165, 1.54) is 6.42 Å². The number of esters is 1. The molecular weight excluding hydrogens is 330 g/mol. The van der Waals surface area contributed by atoms with E-state index in [1.54, 1.807) is 24.3 Å². The fourth-order valence-corrected chi connectivity index (χ4v) is 3.54. The van der Waals surface area contributed by atoms with Gasteiger partial charge in [-0.1, -0.05) is 37.0 Å². The topological polar surface area (TPSA) is 92.7 Å². The van der Waals surface area contributed by atoms with Crippen LogP contribution < -0.4 is 5.32 Å². The van der Waals surface area contributed by atoms with Crippen LogP contribution in [-0.2, 0) is 14.9 Å². The molecule has 0 spiro atoms. The summed E-state index contributed by atoms with van der Waals surface area (Å²) in [5.74, 6) is -1.20. The lowest BCUT2D eigenvalue weighted by Crippen LogP contribution is -2.41. The zero-order chi connectivity index (χ0) is 17.6. The molecule has 1 fully saturated rings. The molecule has 134 valence electrons. The summed E-state index contributed by atoms with van der Waals surface area (Å²) in [6.07, 6.45) is 4.65. The maximum Gasteiger partial charge on any atom is 0.338 e. The van der Waals surface area contributed by atoms with Crippen molar-refractivity contribution in [1.82, 2.24) is 5.32 Å². The molecule has 0 aliphatic heterocycles. The van der Waals surface area contributed by atoms with Gasteiger partial charge < -0.3 is 10.1 Å². The Hall–Kier alpha value is -1.44. The van der Waals surface area contributed by atoms with E-state index in [9.17, 15) is 13.2 Å². The monoisotopic (exact) mass is 355 g/mol. The molecule has 1 unspecified atom stereocenters. The predicted molar refractivity (Wildman–Crippen MR) is 91.7 cm³/mol. The Morgan fingerprint density at radius 1 is 1.25 bits per heavy atom. The van der Waals surface area contributed by atoms with Crippen LogP contribution in [-0.4, -0.2) is 43.4 Å². The maximum absolute atomic E-state index is 12.2. The first-order chi connectivity index (χ1) is 11.3. The van der Waals surface area contributed by atoms with Gasteiger partial charge in [0.2, 0.25) is 0 Å². The zero-order valence-electron chi connectivity index (χ0n) is 13.9. The normalized spacial score (nSPS) is 17.4. The van der Waals surface area contributed by atoms with E-state index in [0.29, 0.717) is 11.6 Å². The van der Waals surface area contributed by atoms with Gasteiger partial charge in [-0.05, 0) is 31.9 Å². The van der Waals surface area contributed by atoms with Gasteiger partial charge in [-0.25, -0.2) is 4.79 Å². The Labute approximate surface area is 143 Å². The second kappa shape index (κ2) is 8.60. The molecule has 6 nitrogen and oxygen atoms in total. The second-order valence-electron chi connectivity index (χ2n) is 6.39. The smallest absolute Gasteiger partial charge is 0.338 e. The van der Waals surface area contributed by atoms with Crippen LogP contribution in [0, 0.1) is 6.92 Å². The van der Waals surface area contributed by atoms with Crippen molar-refractivity contribution in [2.45, 2.75) is 51.2 Å². The van der Waals surface area contributed by atoms with E-state index in [4.69, 9.17) is 9.29 Å². The number of carbonyl (C=O) groups is 1. The van der Waals surface area contributed by atoms with Crippen molar-refractivity contribution in [3.8, 4) is 0 Å². The highest BCUT2D eigenvalue weighted by Crippen LogP contribution is 2.17. The van der Waals surface area contributed by atoms with Crippen LogP contribution in [0.15, 0.2) is 24.3 Å². The summed E-state index contributed by atoms with van der Waals surface area (Å²) < 4.78 is 36.8. The summed E-state index contributed by atoms with van der Waals surface area (Å²) >= 11 is 0. The first-order valence-electron chi connectivity index (χ1n) is 8.30. The molecule has 1 aromatic carbocycles. The highest BCUT2D eigenvalue weighted by Gasteiger charge is 2.23. The Kier molecular flexibility index (Phi) is 6.77. The second-order valence-corrected chi connectivity index (χ2v) is 7.88.